The van der Waals surface area contributed by atoms with Gasteiger partial charge in [-0.05, 0) is 18.1 Å². The highest BCUT2D eigenvalue weighted by atomic mass is 32.2. The minimum atomic E-state index is -0.291. The molecule has 3 heteroatoms. The molecule has 2 unspecified atom stereocenters. The molecular formula is C6H10F2S. The van der Waals surface area contributed by atoms with Gasteiger partial charge in [0.25, 0.3) is 0 Å². The molecule has 2 atom stereocenters. The quantitative estimate of drug-likeness (QED) is 0.583. The molecule has 0 aromatic rings. The summed E-state index contributed by atoms with van der Waals surface area (Å²) >= 11 is 1.56. The van der Waals surface area contributed by atoms with E-state index in [2.05, 4.69) is 0 Å². The van der Waals surface area contributed by atoms with Crippen molar-refractivity contribution in [3.05, 3.63) is 0 Å². The van der Waals surface area contributed by atoms with Gasteiger partial charge in [-0.3, -0.25) is 4.39 Å². The molecule has 1 rings (SSSR count). The van der Waals surface area contributed by atoms with Crippen molar-refractivity contribution in [2.24, 2.45) is 5.92 Å². The summed E-state index contributed by atoms with van der Waals surface area (Å²) in [7, 11) is 0. The van der Waals surface area contributed by atoms with E-state index in [-0.39, 0.29) is 24.5 Å². The van der Waals surface area contributed by atoms with Crippen molar-refractivity contribution in [2.45, 2.75) is 11.7 Å². The van der Waals surface area contributed by atoms with Gasteiger partial charge in [0.05, 0.1) is 6.67 Å². The topological polar surface area (TPSA) is 0 Å². The van der Waals surface area contributed by atoms with E-state index in [9.17, 15) is 8.78 Å². The van der Waals surface area contributed by atoms with Gasteiger partial charge in [-0.1, -0.05) is 0 Å². The third-order valence-electron chi connectivity index (χ3n) is 1.55. The van der Waals surface area contributed by atoms with Crippen LogP contribution in [0.3, 0.4) is 0 Å². The molecular weight excluding hydrogens is 142 g/mol. The number of thioether (sulfide) groups is 1. The van der Waals surface area contributed by atoms with Crippen molar-refractivity contribution in [1.82, 2.24) is 0 Å². The zero-order chi connectivity index (χ0) is 6.69. The molecule has 0 aromatic carbocycles. The third kappa shape index (κ3) is 1.81. The maximum absolute atomic E-state index is 11.9. The number of alkyl halides is 2. The van der Waals surface area contributed by atoms with E-state index in [1.54, 1.807) is 11.8 Å². The molecule has 0 bridgehead atoms. The predicted octanol–water partition coefficient (Wildman–Crippen LogP) is 2.05. The summed E-state index contributed by atoms with van der Waals surface area (Å²) in [6.07, 6.45) is 0.734. The van der Waals surface area contributed by atoms with Crippen LogP contribution in [0.5, 0.6) is 0 Å². The molecule has 1 aliphatic rings. The van der Waals surface area contributed by atoms with E-state index < -0.39 is 0 Å². The summed E-state index contributed by atoms with van der Waals surface area (Å²) in [6, 6.07) is 0. The predicted molar refractivity (Wildman–Crippen MR) is 36.3 cm³/mol. The third-order valence-corrected chi connectivity index (χ3v) is 3.01. The summed E-state index contributed by atoms with van der Waals surface area (Å²) in [6.45, 7) is -0.565. The SMILES string of the molecule is FCC1CSC(CF)C1. The second-order valence-electron chi connectivity index (χ2n) is 2.37. The molecule has 0 nitrogen and oxygen atoms in total. The summed E-state index contributed by atoms with van der Waals surface area (Å²) in [5.74, 6) is 0.946. The number of hydrogen-bond donors (Lipinski definition) is 0. The molecule has 0 radical (unpaired) electrons. The van der Waals surface area contributed by atoms with Gasteiger partial charge in [-0.15, -0.1) is 0 Å². The molecule has 1 aliphatic heterocycles. The number of hydrogen-bond acceptors (Lipinski definition) is 1. The van der Waals surface area contributed by atoms with Crippen LogP contribution in [-0.4, -0.2) is 24.4 Å². The molecule has 1 fully saturated rings. The fourth-order valence-electron chi connectivity index (χ4n) is 0.995. The average molecular weight is 152 g/mol. The molecule has 1 saturated heterocycles. The summed E-state index contributed by atoms with van der Waals surface area (Å²) in [5, 5.41) is 0.0887. The highest BCUT2D eigenvalue weighted by molar-refractivity contribution is 8.00. The van der Waals surface area contributed by atoms with Gasteiger partial charge in [0.2, 0.25) is 0 Å². The summed E-state index contributed by atoms with van der Waals surface area (Å²) in [5.41, 5.74) is 0. The van der Waals surface area contributed by atoms with Crippen LogP contribution in [-0.2, 0) is 0 Å². The van der Waals surface area contributed by atoms with Gasteiger partial charge < -0.3 is 0 Å². The molecule has 0 aliphatic carbocycles. The maximum Gasteiger partial charge on any atom is 0.101 e. The van der Waals surface area contributed by atoms with Gasteiger partial charge in [0, 0.05) is 5.25 Å². The van der Waals surface area contributed by atoms with E-state index in [0.29, 0.717) is 0 Å². The zero-order valence-electron chi connectivity index (χ0n) is 5.15. The molecule has 0 N–H and O–H groups in total. The lowest BCUT2D eigenvalue weighted by atomic mass is 10.1. The Morgan fingerprint density at radius 2 is 2.11 bits per heavy atom. The highest BCUT2D eigenvalue weighted by Crippen LogP contribution is 2.31. The molecule has 0 saturated carbocycles. The number of halogens is 2. The Kier molecular flexibility index (Phi) is 2.76. The number of rotatable bonds is 2. The van der Waals surface area contributed by atoms with Gasteiger partial charge in [-0.2, -0.15) is 11.8 Å². The lowest BCUT2D eigenvalue weighted by Gasteiger charge is -2.00. The van der Waals surface area contributed by atoms with Crippen molar-refractivity contribution in [1.29, 1.82) is 0 Å². The Morgan fingerprint density at radius 3 is 2.44 bits per heavy atom. The lowest BCUT2D eigenvalue weighted by molar-refractivity contribution is 0.363. The van der Waals surface area contributed by atoms with Crippen LogP contribution in [0.4, 0.5) is 8.78 Å². The van der Waals surface area contributed by atoms with Crippen LogP contribution in [0.2, 0.25) is 0 Å². The minimum Gasteiger partial charge on any atom is -0.251 e. The molecule has 9 heavy (non-hydrogen) atoms. The molecule has 0 spiro atoms. The van der Waals surface area contributed by atoms with Crippen LogP contribution >= 0.6 is 11.8 Å². The van der Waals surface area contributed by atoms with Crippen LogP contribution < -0.4 is 0 Å². The first-order chi connectivity index (χ1) is 4.36. The lowest BCUT2D eigenvalue weighted by Crippen LogP contribution is -2.04. The van der Waals surface area contributed by atoms with E-state index in [1.165, 1.54) is 0 Å². The Bertz CT molecular complexity index is 77.1. The first kappa shape index (κ1) is 7.32. The van der Waals surface area contributed by atoms with Gasteiger partial charge in [0.15, 0.2) is 0 Å². The maximum atomic E-state index is 11.9. The fourth-order valence-corrected chi connectivity index (χ4v) is 2.26. The first-order valence-electron chi connectivity index (χ1n) is 3.10. The van der Waals surface area contributed by atoms with E-state index in [1.807, 2.05) is 0 Å². The Labute approximate surface area is 58.0 Å². The van der Waals surface area contributed by atoms with Crippen LogP contribution in [0.1, 0.15) is 6.42 Å². The monoisotopic (exact) mass is 152 g/mol. The van der Waals surface area contributed by atoms with E-state index in [0.717, 1.165) is 12.2 Å². The van der Waals surface area contributed by atoms with Crippen molar-refractivity contribution in [3.63, 3.8) is 0 Å². The highest BCUT2D eigenvalue weighted by Gasteiger charge is 2.24. The molecule has 0 amide bonds. The van der Waals surface area contributed by atoms with Crippen molar-refractivity contribution in [3.8, 4) is 0 Å². The molecule has 1 heterocycles. The van der Waals surface area contributed by atoms with Crippen molar-refractivity contribution in [2.75, 3.05) is 19.1 Å². The second kappa shape index (κ2) is 3.40. The fraction of sp³-hybridized carbons (Fsp3) is 1.00. The standard InChI is InChI=1S/C6H10F2S/c7-2-5-1-6(3-8)9-4-5/h5-6H,1-4H2. The summed E-state index contributed by atoms with van der Waals surface area (Å²) in [4.78, 5) is 0. The Hall–Kier alpha value is 0.210. The molecule has 0 aromatic heterocycles. The van der Waals surface area contributed by atoms with Gasteiger partial charge in [-0.25, -0.2) is 4.39 Å². The van der Waals surface area contributed by atoms with Gasteiger partial charge in [0.1, 0.15) is 6.67 Å². The molecule has 54 valence electrons. The Balaban J connectivity index is 2.20. The largest absolute Gasteiger partial charge is 0.251 e. The Morgan fingerprint density at radius 1 is 1.33 bits per heavy atom. The smallest absolute Gasteiger partial charge is 0.101 e. The van der Waals surface area contributed by atoms with Gasteiger partial charge >= 0.3 is 0 Å². The van der Waals surface area contributed by atoms with Crippen LogP contribution in [0.15, 0.2) is 0 Å². The summed E-state index contributed by atoms with van der Waals surface area (Å²) < 4.78 is 23.7. The van der Waals surface area contributed by atoms with E-state index in [4.69, 9.17) is 0 Å². The van der Waals surface area contributed by atoms with Crippen LogP contribution in [0, 0.1) is 5.92 Å². The van der Waals surface area contributed by atoms with E-state index >= 15 is 0 Å². The minimum absolute atomic E-state index is 0.0887. The van der Waals surface area contributed by atoms with Crippen molar-refractivity contribution >= 4 is 11.8 Å². The second-order valence-corrected chi connectivity index (χ2v) is 3.70. The van der Waals surface area contributed by atoms with Crippen molar-refractivity contribution < 1.29 is 8.78 Å². The normalized spacial score (nSPS) is 35.3. The van der Waals surface area contributed by atoms with Crippen LogP contribution in [0.25, 0.3) is 0 Å². The average Bonchev–Trinajstić information content (AvgIpc) is 2.34. The zero-order valence-corrected chi connectivity index (χ0v) is 5.96. The first-order valence-corrected chi connectivity index (χ1v) is 4.15.